The molecule has 0 atom stereocenters. The lowest BCUT2D eigenvalue weighted by Gasteiger charge is -2.04. The minimum absolute atomic E-state index is 0.219. The highest BCUT2D eigenvalue weighted by Crippen LogP contribution is 2.15. The summed E-state index contributed by atoms with van der Waals surface area (Å²) in [5, 5.41) is 6.96. The van der Waals surface area contributed by atoms with E-state index in [0.717, 1.165) is 15.9 Å². The quantitative estimate of drug-likeness (QED) is 0.942. The van der Waals surface area contributed by atoms with Crippen LogP contribution in [0.3, 0.4) is 0 Å². The molecule has 0 saturated carbocycles. The van der Waals surface area contributed by atoms with Crippen LogP contribution < -0.4 is 5.32 Å². The van der Waals surface area contributed by atoms with Crippen LogP contribution in [0.1, 0.15) is 17.0 Å². The number of hydrogen-bond donors (Lipinski definition) is 1. The van der Waals surface area contributed by atoms with Crippen molar-refractivity contribution in [2.75, 3.05) is 0 Å². The molecule has 0 unspecified atom stereocenters. The third kappa shape index (κ3) is 3.38. The van der Waals surface area contributed by atoms with E-state index in [0.29, 0.717) is 18.7 Å². The summed E-state index contributed by atoms with van der Waals surface area (Å²) in [7, 11) is 0. The number of nitrogens with one attached hydrogen (secondary N) is 1. The number of nitrogens with zero attached hydrogens (tertiary/aromatic N) is 1. The minimum Gasteiger partial charge on any atom is -0.361 e. The second kappa shape index (κ2) is 5.42. The van der Waals surface area contributed by atoms with E-state index >= 15 is 0 Å². The van der Waals surface area contributed by atoms with Gasteiger partial charge in [-0.1, -0.05) is 27.2 Å². The molecule has 2 aromatic rings. The fourth-order valence-electron chi connectivity index (χ4n) is 1.49. The molecule has 1 aromatic heterocycles. The molecule has 0 amide bonds. The molecule has 17 heavy (non-hydrogen) atoms. The molecule has 0 radical (unpaired) electrons. The van der Waals surface area contributed by atoms with Crippen LogP contribution in [-0.4, -0.2) is 5.16 Å². The maximum absolute atomic E-state index is 13.5. The van der Waals surface area contributed by atoms with Crippen LogP contribution in [-0.2, 0) is 13.1 Å². The van der Waals surface area contributed by atoms with Gasteiger partial charge in [-0.3, -0.25) is 0 Å². The molecule has 0 aliphatic carbocycles. The lowest BCUT2D eigenvalue weighted by Crippen LogP contribution is -2.13. The zero-order valence-corrected chi connectivity index (χ0v) is 10.9. The summed E-state index contributed by atoms with van der Waals surface area (Å²) in [6.45, 7) is 2.86. The second-order valence-corrected chi connectivity index (χ2v) is 4.68. The third-order valence-corrected chi connectivity index (χ3v) is 2.81. The van der Waals surface area contributed by atoms with Crippen LogP contribution in [0.5, 0.6) is 0 Å². The van der Waals surface area contributed by atoms with Crippen LogP contribution in [0.2, 0.25) is 0 Å². The van der Waals surface area contributed by atoms with Crippen LogP contribution in [0.15, 0.2) is 33.3 Å². The number of aromatic nitrogens is 1. The Morgan fingerprint density at radius 2 is 2.18 bits per heavy atom. The van der Waals surface area contributed by atoms with E-state index in [-0.39, 0.29) is 5.82 Å². The molecule has 0 bridgehead atoms. The Labute approximate surface area is 107 Å². The highest BCUT2D eigenvalue weighted by atomic mass is 79.9. The predicted molar refractivity (Wildman–Crippen MR) is 65.9 cm³/mol. The first-order chi connectivity index (χ1) is 8.15. The number of benzene rings is 1. The molecule has 1 heterocycles. The van der Waals surface area contributed by atoms with Crippen LogP contribution >= 0.6 is 15.9 Å². The average molecular weight is 299 g/mol. The molecule has 0 fully saturated rings. The molecule has 0 aliphatic heterocycles. The summed E-state index contributed by atoms with van der Waals surface area (Å²) in [4.78, 5) is 0. The molecular formula is C12H12BrFN2O. The van der Waals surface area contributed by atoms with E-state index < -0.39 is 0 Å². The van der Waals surface area contributed by atoms with Gasteiger partial charge in [-0.2, -0.15) is 0 Å². The zero-order valence-electron chi connectivity index (χ0n) is 9.34. The summed E-state index contributed by atoms with van der Waals surface area (Å²) in [5.41, 5.74) is 1.45. The van der Waals surface area contributed by atoms with Crippen molar-refractivity contribution in [3.63, 3.8) is 0 Å². The Morgan fingerprint density at radius 3 is 2.82 bits per heavy atom. The Balaban J connectivity index is 1.90. The highest BCUT2D eigenvalue weighted by Gasteiger charge is 2.03. The smallest absolute Gasteiger partial charge is 0.133 e. The van der Waals surface area contributed by atoms with E-state index in [4.69, 9.17) is 4.52 Å². The zero-order chi connectivity index (χ0) is 12.3. The van der Waals surface area contributed by atoms with Gasteiger partial charge in [0, 0.05) is 29.2 Å². The molecule has 90 valence electrons. The van der Waals surface area contributed by atoms with Crippen molar-refractivity contribution >= 4 is 15.9 Å². The van der Waals surface area contributed by atoms with Gasteiger partial charge >= 0.3 is 0 Å². The van der Waals surface area contributed by atoms with Gasteiger partial charge in [0.1, 0.15) is 11.6 Å². The molecule has 0 aliphatic rings. The number of hydrogen-bond acceptors (Lipinski definition) is 3. The van der Waals surface area contributed by atoms with Crippen molar-refractivity contribution in [1.82, 2.24) is 10.5 Å². The van der Waals surface area contributed by atoms with Crippen molar-refractivity contribution < 1.29 is 8.91 Å². The maximum Gasteiger partial charge on any atom is 0.133 e. The van der Waals surface area contributed by atoms with E-state index in [1.807, 2.05) is 19.1 Å². The third-order valence-electron chi connectivity index (χ3n) is 2.31. The van der Waals surface area contributed by atoms with Gasteiger partial charge in [-0.05, 0) is 19.1 Å². The molecule has 1 aromatic carbocycles. The number of rotatable bonds is 4. The molecule has 0 saturated heterocycles. The van der Waals surface area contributed by atoms with Crippen molar-refractivity contribution in [1.29, 1.82) is 0 Å². The molecule has 3 nitrogen and oxygen atoms in total. The van der Waals surface area contributed by atoms with E-state index in [2.05, 4.69) is 26.4 Å². The molecule has 5 heteroatoms. The van der Waals surface area contributed by atoms with Gasteiger partial charge in [0.25, 0.3) is 0 Å². The fraction of sp³-hybridized carbons (Fsp3) is 0.250. The number of aryl methyl sites for hydroxylation is 1. The first-order valence-corrected chi connectivity index (χ1v) is 6.01. The van der Waals surface area contributed by atoms with Gasteiger partial charge in [-0.15, -0.1) is 0 Å². The van der Waals surface area contributed by atoms with E-state index in [9.17, 15) is 4.39 Å². The van der Waals surface area contributed by atoms with Crippen LogP contribution in [0.25, 0.3) is 0 Å². The van der Waals surface area contributed by atoms with Gasteiger partial charge in [0.15, 0.2) is 0 Å². The van der Waals surface area contributed by atoms with E-state index in [1.54, 1.807) is 6.07 Å². The predicted octanol–water partition coefficient (Wildman–Crippen LogP) is 3.17. The fourth-order valence-corrected chi connectivity index (χ4v) is 1.82. The topological polar surface area (TPSA) is 38.1 Å². The highest BCUT2D eigenvalue weighted by molar-refractivity contribution is 9.10. The Bertz CT molecular complexity index is 513. The van der Waals surface area contributed by atoms with Crippen molar-refractivity contribution in [2.24, 2.45) is 0 Å². The monoisotopic (exact) mass is 298 g/mol. The standard InChI is InChI=1S/C12H12BrFN2O/c1-8-4-11(16-17-8)7-15-6-9-2-3-10(13)5-12(9)14/h2-5,15H,6-7H2,1H3. The van der Waals surface area contributed by atoms with Gasteiger partial charge < -0.3 is 9.84 Å². The Hall–Kier alpha value is -1.20. The summed E-state index contributed by atoms with van der Waals surface area (Å²) in [5.74, 6) is 0.555. The van der Waals surface area contributed by atoms with Crippen LogP contribution in [0, 0.1) is 12.7 Å². The lowest BCUT2D eigenvalue weighted by molar-refractivity contribution is 0.388. The maximum atomic E-state index is 13.5. The SMILES string of the molecule is Cc1cc(CNCc2ccc(Br)cc2F)no1. The van der Waals surface area contributed by atoms with E-state index in [1.165, 1.54) is 6.07 Å². The average Bonchev–Trinajstić information content (AvgIpc) is 2.68. The van der Waals surface area contributed by atoms with Gasteiger partial charge in [-0.25, -0.2) is 4.39 Å². The Kier molecular flexibility index (Phi) is 3.91. The minimum atomic E-state index is -0.219. The molecule has 1 N–H and O–H groups in total. The van der Waals surface area contributed by atoms with Crippen LogP contribution in [0.4, 0.5) is 4.39 Å². The first-order valence-electron chi connectivity index (χ1n) is 5.22. The molecule has 2 rings (SSSR count). The summed E-state index contributed by atoms with van der Waals surface area (Å²) < 4.78 is 19.2. The lowest BCUT2D eigenvalue weighted by atomic mass is 10.2. The van der Waals surface area contributed by atoms with Crippen molar-refractivity contribution in [3.05, 3.63) is 51.6 Å². The number of halogens is 2. The molecular weight excluding hydrogens is 287 g/mol. The van der Waals surface area contributed by atoms with Gasteiger partial charge in [0.05, 0.1) is 5.69 Å². The van der Waals surface area contributed by atoms with Crippen molar-refractivity contribution in [3.8, 4) is 0 Å². The van der Waals surface area contributed by atoms with Crippen molar-refractivity contribution in [2.45, 2.75) is 20.0 Å². The summed E-state index contributed by atoms with van der Waals surface area (Å²) >= 11 is 3.22. The summed E-state index contributed by atoms with van der Waals surface area (Å²) in [6.07, 6.45) is 0. The molecule has 0 spiro atoms. The largest absolute Gasteiger partial charge is 0.361 e. The van der Waals surface area contributed by atoms with Gasteiger partial charge in [0.2, 0.25) is 0 Å². The normalized spacial score (nSPS) is 10.8. The summed E-state index contributed by atoms with van der Waals surface area (Å²) in [6, 6.07) is 6.88. The second-order valence-electron chi connectivity index (χ2n) is 3.77. The first kappa shape index (κ1) is 12.3. The Morgan fingerprint density at radius 1 is 1.35 bits per heavy atom.